The molecule has 32 heavy (non-hydrogen) atoms. The summed E-state index contributed by atoms with van der Waals surface area (Å²) in [5, 5.41) is 19.6. The molecule has 9 heteroatoms. The fourth-order valence-corrected chi connectivity index (χ4v) is 5.26. The molecule has 3 rings (SSSR count). The van der Waals surface area contributed by atoms with Crippen molar-refractivity contribution in [1.82, 2.24) is 15.6 Å². The van der Waals surface area contributed by atoms with Crippen molar-refractivity contribution in [2.45, 2.75) is 68.7 Å². The van der Waals surface area contributed by atoms with Crippen LogP contribution in [0.4, 0.5) is 0 Å². The highest BCUT2D eigenvalue weighted by atomic mass is 32.1. The Balaban J connectivity index is 1.69. The van der Waals surface area contributed by atoms with Crippen molar-refractivity contribution in [3.05, 3.63) is 40.7 Å². The van der Waals surface area contributed by atoms with Crippen LogP contribution in [-0.2, 0) is 16.0 Å². The monoisotopic (exact) mass is 491 g/mol. The topological polar surface area (TPSA) is 91.3 Å². The van der Waals surface area contributed by atoms with Gasteiger partial charge in [0.05, 0.1) is 15.9 Å². The summed E-state index contributed by atoms with van der Waals surface area (Å²) in [6, 6.07) is 4.67. The summed E-state index contributed by atoms with van der Waals surface area (Å²) in [5.41, 5.74) is 1.74. The van der Waals surface area contributed by atoms with E-state index in [0.717, 1.165) is 42.5 Å². The number of carbonyl (C=O) groups excluding carboxylic acids is 1. The maximum Gasteiger partial charge on any atom is 0.326 e. The number of carboxylic acid groups (broad SMARTS) is 1. The molecule has 2 aromatic rings. The lowest BCUT2D eigenvalue weighted by atomic mass is 9.94. The molecule has 1 amide bonds. The van der Waals surface area contributed by atoms with Crippen LogP contribution in [-0.4, -0.2) is 43.8 Å². The highest BCUT2D eigenvalue weighted by Gasteiger charge is 2.43. The molecule has 1 aliphatic rings. The van der Waals surface area contributed by atoms with Crippen molar-refractivity contribution < 1.29 is 14.7 Å². The fraction of sp³-hybridized carbons (Fsp3) is 0.478. The Morgan fingerprint density at radius 3 is 2.62 bits per heavy atom. The number of hydrogen-bond acceptors (Lipinski definition) is 6. The molecule has 0 spiro atoms. The van der Waals surface area contributed by atoms with E-state index in [1.165, 1.54) is 0 Å². The van der Waals surface area contributed by atoms with E-state index < -0.39 is 17.6 Å². The fourth-order valence-electron chi connectivity index (χ4n) is 3.97. The van der Waals surface area contributed by atoms with Gasteiger partial charge in [-0.1, -0.05) is 44.5 Å². The van der Waals surface area contributed by atoms with Gasteiger partial charge in [-0.05, 0) is 42.3 Å². The number of hydrogen-bond donors (Lipinski definition) is 4. The molecular weight excluding hydrogens is 462 g/mol. The van der Waals surface area contributed by atoms with Crippen LogP contribution in [0.2, 0.25) is 0 Å². The van der Waals surface area contributed by atoms with Crippen molar-refractivity contribution in [2.75, 3.05) is 0 Å². The lowest BCUT2D eigenvalue weighted by Gasteiger charge is -2.33. The minimum Gasteiger partial charge on any atom is -0.480 e. The van der Waals surface area contributed by atoms with Gasteiger partial charge in [-0.3, -0.25) is 9.78 Å². The number of nitrogens with one attached hydrogen (secondary N) is 2. The quantitative estimate of drug-likeness (QED) is 0.293. The number of carbonyl (C=O) groups is 2. The number of aliphatic carboxylic acids is 1. The normalized spacial score (nSPS) is 16.8. The minimum atomic E-state index is -1.07. The standard InChI is InChI=1S/C23H29N3O3S3/c1-2-5-19(30)20(31)26-23(9-3-4-10-23)22(29)25-18(21(27)28)12-15-6-7-17(24-13-15)16-8-11-32-14-16/h6-8,11,13-14,18-19,30H,2-5,9-10,12H2,1H3,(H,25,29)(H,26,31)(H,27,28). The Morgan fingerprint density at radius 2 is 2.06 bits per heavy atom. The molecule has 1 fully saturated rings. The predicted molar refractivity (Wildman–Crippen MR) is 135 cm³/mol. The van der Waals surface area contributed by atoms with Crippen LogP contribution in [0.3, 0.4) is 0 Å². The smallest absolute Gasteiger partial charge is 0.326 e. The first-order chi connectivity index (χ1) is 15.3. The Morgan fingerprint density at radius 1 is 1.31 bits per heavy atom. The van der Waals surface area contributed by atoms with Gasteiger partial charge in [0.15, 0.2) is 0 Å². The third kappa shape index (κ3) is 6.08. The van der Waals surface area contributed by atoms with Crippen molar-refractivity contribution in [3.63, 3.8) is 0 Å². The zero-order valence-corrected chi connectivity index (χ0v) is 20.6. The molecule has 0 bridgehead atoms. The Labute approximate surface area is 203 Å². The van der Waals surface area contributed by atoms with Gasteiger partial charge in [-0.15, -0.1) is 0 Å². The van der Waals surface area contributed by atoms with Gasteiger partial charge in [-0.25, -0.2) is 4.79 Å². The molecule has 0 radical (unpaired) electrons. The molecule has 0 aliphatic heterocycles. The molecule has 0 aromatic carbocycles. The number of pyridine rings is 1. The molecule has 2 atom stereocenters. The molecule has 172 valence electrons. The summed E-state index contributed by atoms with van der Waals surface area (Å²) in [4.78, 5) is 30.2. The van der Waals surface area contributed by atoms with Gasteiger partial charge in [0.2, 0.25) is 5.91 Å². The Hall–Kier alpha value is -1.97. The number of aromatic nitrogens is 1. The average molecular weight is 492 g/mol. The van der Waals surface area contributed by atoms with Gasteiger partial charge in [0.1, 0.15) is 11.6 Å². The van der Waals surface area contributed by atoms with E-state index in [1.54, 1.807) is 17.5 Å². The van der Waals surface area contributed by atoms with Crippen LogP contribution in [0.5, 0.6) is 0 Å². The van der Waals surface area contributed by atoms with E-state index in [0.29, 0.717) is 17.8 Å². The number of thiophene rings is 1. The van der Waals surface area contributed by atoms with Gasteiger partial charge in [0, 0.05) is 23.6 Å². The molecule has 6 nitrogen and oxygen atoms in total. The van der Waals surface area contributed by atoms with Crippen LogP contribution in [0, 0.1) is 0 Å². The zero-order valence-electron chi connectivity index (χ0n) is 18.0. The third-order valence-corrected chi connectivity index (χ3v) is 7.56. The largest absolute Gasteiger partial charge is 0.480 e. The maximum atomic E-state index is 13.3. The number of carboxylic acids is 1. The maximum absolute atomic E-state index is 13.3. The van der Waals surface area contributed by atoms with Crippen LogP contribution in [0.25, 0.3) is 11.3 Å². The SMILES string of the molecule is CCCC(S)C(=S)NC1(C(=O)NC(Cc2ccc(-c3ccsc3)nc2)C(=O)O)CCCC1. The number of thiol groups is 1. The van der Waals surface area contributed by atoms with Crippen molar-refractivity contribution in [2.24, 2.45) is 0 Å². The third-order valence-electron chi connectivity index (χ3n) is 5.80. The van der Waals surface area contributed by atoms with E-state index in [2.05, 4.69) is 35.2 Å². The molecule has 1 saturated carbocycles. The summed E-state index contributed by atoms with van der Waals surface area (Å²) in [6.45, 7) is 2.06. The molecule has 0 saturated heterocycles. The summed E-state index contributed by atoms with van der Waals surface area (Å²) in [5.74, 6) is -1.39. The summed E-state index contributed by atoms with van der Waals surface area (Å²) >= 11 is 11.6. The number of amides is 1. The van der Waals surface area contributed by atoms with Crippen LogP contribution < -0.4 is 10.6 Å². The summed E-state index contributed by atoms with van der Waals surface area (Å²) < 4.78 is 0. The van der Waals surface area contributed by atoms with Crippen molar-refractivity contribution >= 4 is 53.0 Å². The lowest BCUT2D eigenvalue weighted by molar-refractivity contribution is -0.142. The minimum absolute atomic E-state index is 0.122. The lowest BCUT2D eigenvalue weighted by Crippen LogP contribution is -2.60. The Bertz CT molecular complexity index is 926. The summed E-state index contributed by atoms with van der Waals surface area (Å²) in [7, 11) is 0. The number of thiocarbonyl (C=S) groups is 1. The van der Waals surface area contributed by atoms with Gasteiger partial charge in [0.25, 0.3) is 0 Å². The highest BCUT2D eigenvalue weighted by molar-refractivity contribution is 7.86. The molecule has 2 heterocycles. The molecular formula is C23H29N3O3S3. The van der Waals surface area contributed by atoms with Gasteiger partial charge < -0.3 is 15.7 Å². The van der Waals surface area contributed by atoms with E-state index in [4.69, 9.17) is 12.2 Å². The summed E-state index contributed by atoms with van der Waals surface area (Å²) in [6.07, 6.45) is 6.60. The predicted octanol–water partition coefficient (Wildman–Crippen LogP) is 4.25. The number of rotatable bonds is 10. The molecule has 2 unspecified atom stereocenters. The molecule has 2 aromatic heterocycles. The second kappa shape index (κ2) is 11.2. The average Bonchev–Trinajstić information content (AvgIpc) is 3.47. The Kier molecular flexibility index (Phi) is 8.67. The second-order valence-electron chi connectivity index (χ2n) is 8.22. The van der Waals surface area contributed by atoms with Crippen molar-refractivity contribution in [3.8, 4) is 11.3 Å². The zero-order chi connectivity index (χ0) is 23.1. The first kappa shape index (κ1) is 24.7. The van der Waals surface area contributed by atoms with Gasteiger partial charge >= 0.3 is 5.97 Å². The van der Waals surface area contributed by atoms with E-state index in [-0.39, 0.29) is 17.6 Å². The van der Waals surface area contributed by atoms with E-state index in [1.807, 2.05) is 29.0 Å². The first-order valence-corrected chi connectivity index (χ1v) is 12.7. The van der Waals surface area contributed by atoms with Crippen molar-refractivity contribution in [1.29, 1.82) is 0 Å². The van der Waals surface area contributed by atoms with Crippen LogP contribution in [0.1, 0.15) is 51.0 Å². The number of nitrogens with zero attached hydrogens (tertiary/aromatic N) is 1. The van der Waals surface area contributed by atoms with Crippen LogP contribution in [0.15, 0.2) is 35.2 Å². The molecule has 3 N–H and O–H groups in total. The second-order valence-corrected chi connectivity index (χ2v) is 10.1. The van der Waals surface area contributed by atoms with E-state index >= 15 is 0 Å². The van der Waals surface area contributed by atoms with Gasteiger partial charge in [-0.2, -0.15) is 24.0 Å². The van der Waals surface area contributed by atoms with E-state index in [9.17, 15) is 14.7 Å². The first-order valence-electron chi connectivity index (χ1n) is 10.9. The highest BCUT2D eigenvalue weighted by Crippen LogP contribution is 2.31. The van der Waals surface area contributed by atoms with Crippen LogP contribution >= 0.6 is 36.2 Å². The molecule has 1 aliphatic carbocycles.